The Hall–Kier alpha value is -8.64. The van der Waals surface area contributed by atoms with Gasteiger partial charge in [0.25, 0.3) is 0 Å². The largest absolute Gasteiger partial charge is 0.349 e. The average molecular weight is 951 g/mol. The van der Waals surface area contributed by atoms with E-state index in [4.69, 9.17) is 0 Å². The smallest absolute Gasteiger partial charge is 0.0650 e. The molecule has 0 atom stereocenters. The van der Waals surface area contributed by atoms with E-state index in [0.29, 0.717) is 0 Å². The summed E-state index contributed by atoms with van der Waals surface area (Å²) in [5.74, 6) is 0. The maximum Gasteiger partial charge on any atom is 0.0650 e. The fraction of sp³-hybridized carbons (Fsp3) is 0.200. The SMILES string of the molecule is Cn1cccc1-c1ccc(-c2ccc(-c3ccc(-c4ccc(-c5ccc(-c6ccc(-c7ccc(-c8ccc(-c9ccc(-c%10ccc(-c%11cccn%11C)n%10C)n9C)n8C)n7C)n6C)n5C)n4C)n3C)n2C)n1C. The molecule has 0 radical (unpaired) electrons. The van der Waals surface area contributed by atoms with Crippen molar-refractivity contribution in [2.75, 3.05) is 0 Å². The third kappa shape index (κ3) is 6.51. The van der Waals surface area contributed by atoms with Crippen molar-refractivity contribution in [3.8, 4) is 125 Å². The van der Waals surface area contributed by atoms with Crippen molar-refractivity contribution in [1.82, 2.24) is 54.8 Å². The maximum atomic E-state index is 2.32. The molecular weight excluding hydrogens is 889 g/mol. The molecule has 12 heterocycles. The van der Waals surface area contributed by atoms with Crippen molar-refractivity contribution < 1.29 is 0 Å². The molecule has 0 saturated heterocycles. The Morgan fingerprint density at radius 2 is 0.264 bits per heavy atom. The summed E-state index contributed by atoms with van der Waals surface area (Å²) in [6.45, 7) is 0. The third-order valence-corrected chi connectivity index (χ3v) is 16.0. The van der Waals surface area contributed by atoms with Gasteiger partial charge in [-0.05, 0) is 146 Å². The van der Waals surface area contributed by atoms with E-state index in [1.54, 1.807) is 0 Å². The summed E-state index contributed by atoms with van der Waals surface area (Å²) >= 11 is 0. The van der Waals surface area contributed by atoms with Crippen LogP contribution in [0.15, 0.2) is 158 Å². The van der Waals surface area contributed by atoms with E-state index in [0.717, 1.165) is 56.9 Å². The molecule has 0 N–H and O–H groups in total. The van der Waals surface area contributed by atoms with Crippen LogP contribution in [0.2, 0.25) is 0 Å². The first kappa shape index (κ1) is 44.6. The Labute approximate surface area is 420 Å². The van der Waals surface area contributed by atoms with E-state index in [2.05, 4.69) is 297 Å². The second-order valence-electron chi connectivity index (χ2n) is 19.6. The first-order chi connectivity index (χ1) is 34.7. The molecule has 0 bridgehead atoms. The van der Waals surface area contributed by atoms with Crippen molar-refractivity contribution in [3.05, 3.63) is 158 Å². The van der Waals surface area contributed by atoms with Gasteiger partial charge in [-0.25, -0.2) is 0 Å². The van der Waals surface area contributed by atoms with Gasteiger partial charge in [-0.1, -0.05) is 0 Å². The molecule has 0 saturated carbocycles. The number of nitrogens with zero attached hydrogens (tertiary/aromatic N) is 12. The summed E-state index contributed by atoms with van der Waals surface area (Å²) in [4.78, 5) is 0. The van der Waals surface area contributed by atoms with E-state index in [1.807, 2.05) is 0 Å². The van der Waals surface area contributed by atoms with Crippen LogP contribution in [0.4, 0.5) is 0 Å². The molecule has 0 aliphatic heterocycles. The molecule has 0 amide bonds. The molecule has 0 aliphatic carbocycles. The monoisotopic (exact) mass is 951 g/mol. The quantitative estimate of drug-likeness (QED) is 0.124. The Kier molecular flexibility index (Phi) is 10.2. The number of hydrogen-bond acceptors (Lipinski definition) is 0. The molecular formula is C60H62N12. The van der Waals surface area contributed by atoms with Gasteiger partial charge in [-0.3, -0.25) is 0 Å². The Morgan fingerprint density at radius 1 is 0.153 bits per heavy atom. The Bertz CT molecular complexity index is 3760. The van der Waals surface area contributed by atoms with Gasteiger partial charge in [0.15, 0.2) is 0 Å². The van der Waals surface area contributed by atoms with Crippen molar-refractivity contribution in [2.45, 2.75) is 0 Å². The molecule has 12 nitrogen and oxygen atoms in total. The first-order valence-electron chi connectivity index (χ1n) is 24.6. The second kappa shape index (κ2) is 16.5. The van der Waals surface area contributed by atoms with Gasteiger partial charge in [0.1, 0.15) is 0 Å². The average Bonchev–Trinajstić information content (AvgIpc) is 4.18. The molecule has 72 heavy (non-hydrogen) atoms. The molecule has 12 rings (SSSR count). The van der Waals surface area contributed by atoms with E-state index in [1.165, 1.54) is 68.3 Å². The fourth-order valence-electron chi connectivity index (χ4n) is 11.7. The minimum absolute atomic E-state index is 1.16. The molecule has 0 aromatic carbocycles. The molecule has 0 aliphatic rings. The molecule has 0 fully saturated rings. The summed E-state index contributed by atoms with van der Waals surface area (Å²) < 4.78 is 27.5. The third-order valence-electron chi connectivity index (χ3n) is 16.0. The molecule has 12 aromatic rings. The van der Waals surface area contributed by atoms with E-state index < -0.39 is 0 Å². The van der Waals surface area contributed by atoms with Crippen LogP contribution < -0.4 is 0 Å². The zero-order valence-corrected chi connectivity index (χ0v) is 43.4. The van der Waals surface area contributed by atoms with Crippen LogP contribution in [0.1, 0.15) is 0 Å². The Morgan fingerprint density at radius 3 is 0.361 bits per heavy atom. The van der Waals surface area contributed by atoms with Gasteiger partial charge < -0.3 is 54.8 Å². The fourth-order valence-corrected chi connectivity index (χ4v) is 11.7. The van der Waals surface area contributed by atoms with Gasteiger partial charge in [0.2, 0.25) is 0 Å². The zero-order valence-electron chi connectivity index (χ0n) is 43.4. The van der Waals surface area contributed by atoms with Crippen LogP contribution in [0.25, 0.3) is 125 Å². The highest BCUT2D eigenvalue weighted by Gasteiger charge is 2.23. The van der Waals surface area contributed by atoms with Gasteiger partial charge in [0, 0.05) is 97.0 Å². The molecule has 12 heteroatoms. The molecule has 0 spiro atoms. The van der Waals surface area contributed by atoms with E-state index >= 15 is 0 Å². The van der Waals surface area contributed by atoms with Crippen molar-refractivity contribution >= 4 is 0 Å². The second-order valence-corrected chi connectivity index (χ2v) is 19.6. The summed E-state index contributed by atoms with van der Waals surface area (Å²) in [6.07, 6.45) is 4.19. The van der Waals surface area contributed by atoms with Crippen molar-refractivity contribution in [3.63, 3.8) is 0 Å². The number of aromatic nitrogens is 12. The van der Waals surface area contributed by atoms with Crippen LogP contribution >= 0.6 is 0 Å². The predicted molar refractivity (Wildman–Crippen MR) is 294 cm³/mol. The lowest BCUT2D eigenvalue weighted by atomic mass is 10.3. The van der Waals surface area contributed by atoms with Crippen LogP contribution in [-0.4, -0.2) is 54.8 Å². The summed E-state index contributed by atoms with van der Waals surface area (Å²) in [6, 6.07) is 53.3. The van der Waals surface area contributed by atoms with Crippen molar-refractivity contribution in [1.29, 1.82) is 0 Å². The standard InChI is InChI=1S/C60H62N12/c1-61-37-13-15-39(61)41-17-19-43(63(41)3)45-21-23-47(65(45)5)49-25-27-51(67(49)7)53-29-31-55(69(53)9)57-33-35-59(71(57)11)60-36-34-58(72(60)12)56-32-30-54(70(56)10)52-28-26-50(68(52)8)48-24-22-46(66(48)6)44-20-18-42(64(44)4)40-16-14-38-62(40)2/h13-38H,1-12H3. The van der Waals surface area contributed by atoms with E-state index in [-0.39, 0.29) is 0 Å². The predicted octanol–water partition coefficient (Wildman–Crippen LogP) is 12.1. The number of rotatable bonds is 11. The first-order valence-corrected chi connectivity index (χ1v) is 24.6. The van der Waals surface area contributed by atoms with Gasteiger partial charge in [-0.15, -0.1) is 0 Å². The highest BCUT2D eigenvalue weighted by Crippen LogP contribution is 2.39. The lowest BCUT2D eigenvalue weighted by Gasteiger charge is -2.15. The molecule has 0 unspecified atom stereocenters. The van der Waals surface area contributed by atoms with Gasteiger partial charge >= 0.3 is 0 Å². The number of aryl methyl sites for hydroxylation is 2. The minimum atomic E-state index is 1.16. The van der Waals surface area contributed by atoms with Crippen LogP contribution in [0.5, 0.6) is 0 Å². The summed E-state index contributed by atoms with van der Waals surface area (Å²) in [7, 11) is 25.9. The van der Waals surface area contributed by atoms with Gasteiger partial charge in [0.05, 0.1) is 125 Å². The maximum absolute atomic E-state index is 2.32. The van der Waals surface area contributed by atoms with Crippen LogP contribution in [0.3, 0.4) is 0 Å². The lowest BCUT2D eigenvalue weighted by Crippen LogP contribution is -2.05. The Balaban J connectivity index is 0.790. The van der Waals surface area contributed by atoms with Crippen molar-refractivity contribution in [2.24, 2.45) is 84.6 Å². The minimum Gasteiger partial charge on any atom is -0.349 e. The highest BCUT2D eigenvalue weighted by molar-refractivity contribution is 5.78. The normalized spacial score (nSPS) is 11.9. The lowest BCUT2D eigenvalue weighted by molar-refractivity contribution is 0.849. The molecule has 12 aromatic heterocycles. The van der Waals surface area contributed by atoms with Crippen LogP contribution in [0, 0.1) is 0 Å². The molecule has 362 valence electrons. The summed E-state index contributed by atoms with van der Waals surface area (Å²) in [5.41, 5.74) is 25.8. The number of hydrogen-bond donors (Lipinski definition) is 0. The zero-order chi connectivity index (χ0) is 50.0. The van der Waals surface area contributed by atoms with E-state index in [9.17, 15) is 0 Å². The topological polar surface area (TPSA) is 59.2 Å². The highest BCUT2D eigenvalue weighted by atomic mass is 15.1. The van der Waals surface area contributed by atoms with Crippen LogP contribution in [-0.2, 0) is 84.6 Å². The summed E-state index contributed by atoms with van der Waals surface area (Å²) in [5, 5.41) is 0. The van der Waals surface area contributed by atoms with Gasteiger partial charge in [-0.2, -0.15) is 0 Å².